The van der Waals surface area contributed by atoms with Gasteiger partial charge in [0, 0.05) is 29.4 Å². The van der Waals surface area contributed by atoms with E-state index in [0.717, 1.165) is 48.2 Å². The van der Waals surface area contributed by atoms with Crippen molar-refractivity contribution >= 4 is 40.0 Å². The Morgan fingerprint density at radius 1 is 0.867 bits per heavy atom. The summed E-state index contributed by atoms with van der Waals surface area (Å²) in [7, 11) is 0. The minimum atomic E-state index is -2.26. The van der Waals surface area contributed by atoms with Gasteiger partial charge in [-0.2, -0.15) is 5.10 Å². The van der Waals surface area contributed by atoms with E-state index in [9.17, 15) is 0 Å². The summed E-state index contributed by atoms with van der Waals surface area (Å²) in [6, 6.07) is 29.1. The minimum Gasteiger partial charge on any atom is -0.378 e. The molecule has 0 unspecified atom stereocenters. The van der Waals surface area contributed by atoms with Crippen molar-refractivity contribution in [2.24, 2.45) is 5.10 Å². The molecular formula is C24H26N3OPS. The zero-order valence-corrected chi connectivity index (χ0v) is 18.8. The van der Waals surface area contributed by atoms with E-state index in [-0.39, 0.29) is 0 Å². The van der Waals surface area contributed by atoms with Crippen molar-refractivity contribution in [1.29, 1.82) is 0 Å². The largest absolute Gasteiger partial charge is 0.378 e. The van der Waals surface area contributed by atoms with E-state index < -0.39 is 6.19 Å². The maximum atomic E-state index is 6.18. The Bertz CT molecular complexity index is 990. The molecule has 0 aromatic heterocycles. The first-order valence-corrected chi connectivity index (χ1v) is 12.9. The third kappa shape index (κ3) is 4.65. The van der Waals surface area contributed by atoms with Gasteiger partial charge in [0.2, 0.25) is 0 Å². The summed E-state index contributed by atoms with van der Waals surface area (Å²) in [6.07, 6.45) is -2.26. The molecule has 0 radical (unpaired) electrons. The predicted molar refractivity (Wildman–Crippen MR) is 131 cm³/mol. The van der Waals surface area contributed by atoms with Crippen molar-refractivity contribution in [3.05, 3.63) is 90.5 Å². The van der Waals surface area contributed by atoms with Crippen LogP contribution in [0.15, 0.2) is 90.0 Å². The summed E-state index contributed by atoms with van der Waals surface area (Å²) in [6.45, 7) is 5.47. The van der Waals surface area contributed by atoms with Gasteiger partial charge in [-0.25, -0.2) is 0 Å². The highest BCUT2D eigenvalue weighted by Crippen LogP contribution is 2.39. The summed E-state index contributed by atoms with van der Waals surface area (Å²) >= 11 is 6.18. The zero-order chi connectivity index (χ0) is 20.8. The van der Waals surface area contributed by atoms with Gasteiger partial charge >= 0.3 is 0 Å². The molecule has 154 valence electrons. The third-order valence-electron chi connectivity index (χ3n) is 5.26. The molecule has 4 nitrogen and oxygen atoms in total. The third-order valence-corrected chi connectivity index (χ3v) is 9.20. The van der Waals surface area contributed by atoms with E-state index in [4.69, 9.17) is 21.6 Å². The van der Waals surface area contributed by atoms with Crippen LogP contribution in [0.4, 0.5) is 5.69 Å². The molecule has 0 bridgehead atoms. The van der Waals surface area contributed by atoms with Gasteiger partial charge in [-0.15, -0.1) is 0 Å². The number of hydrazone groups is 1. The van der Waals surface area contributed by atoms with E-state index in [1.807, 2.05) is 43.3 Å². The average molecular weight is 436 g/mol. The number of nitrogens with zero attached hydrogens (tertiary/aromatic N) is 2. The van der Waals surface area contributed by atoms with Gasteiger partial charge in [0.15, 0.2) is 0 Å². The minimum absolute atomic E-state index is 0.787. The number of benzene rings is 3. The monoisotopic (exact) mass is 435 g/mol. The first kappa shape index (κ1) is 20.8. The SMILES string of the molecule is C/C(=N\NP(=S)(c1ccccc1)c1ccccc1)c1ccc(N2CCOCC2)cc1. The number of rotatable bonds is 6. The van der Waals surface area contributed by atoms with E-state index in [1.54, 1.807) is 0 Å². The van der Waals surface area contributed by atoms with Crippen LogP contribution >= 0.6 is 6.19 Å². The molecule has 3 aromatic rings. The Balaban J connectivity index is 1.57. The molecule has 1 fully saturated rings. The smallest absolute Gasteiger partial charge is 0.106 e. The topological polar surface area (TPSA) is 36.9 Å². The van der Waals surface area contributed by atoms with Gasteiger partial charge in [0.1, 0.15) is 6.19 Å². The van der Waals surface area contributed by atoms with E-state index >= 15 is 0 Å². The van der Waals surface area contributed by atoms with Crippen molar-refractivity contribution in [2.75, 3.05) is 31.2 Å². The Morgan fingerprint density at radius 2 is 1.40 bits per heavy atom. The Hall–Kier alpha value is -2.46. The number of ether oxygens (including phenoxy) is 1. The first-order valence-electron chi connectivity index (χ1n) is 10.1. The Kier molecular flexibility index (Phi) is 6.63. The Labute approximate surface area is 183 Å². The van der Waals surface area contributed by atoms with Crippen LogP contribution in [-0.4, -0.2) is 32.0 Å². The summed E-state index contributed by atoms with van der Waals surface area (Å²) in [5, 5.41) is 10.3. The fourth-order valence-corrected chi connectivity index (χ4v) is 6.34. The van der Waals surface area contributed by atoms with Crippen molar-refractivity contribution in [2.45, 2.75) is 6.92 Å². The molecule has 0 saturated carbocycles. The molecule has 0 aliphatic carbocycles. The van der Waals surface area contributed by atoms with Crippen molar-refractivity contribution in [1.82, 2.24) is 5.20 Å². The van der Waals surface area contributed by atoms with E-state index in [1.165, 1.54) is 5.69 Å². The van der Waals surface area contributed by atoms with Crippen LogP contribution in [0.1, 0.15) is 12.5 Å². The van der Waals surface area contributed by atoms with E-state index in [0.29, 0.717) is 0 Å². The summed E-state index contributed by atoms with van der Waals surface area (Å²) < 4.78 is 5.44. The lowest BCUT2D eigenvalue weighted by Crippen LogP contribution is -2.36. The van der Waals surface area contributed by atoms with Crippen LogP contribution in [0.2, 0.25) is 0 Å². The highest BCUT2D eigenvalue weighted by molar-refractivity contribution is 8.20. The molecule has 1 N–H and O–H groups in total. The van der Waals surface area contributed by atoms with Crippen molar-refractivity contribution in [3.8, 4) is 0 Å². The Morgan fingerprint density at radius 3 is 1.93 bits per heavy atom. The van der Waals surface area contributed by atoms with E-state index in [2.05, 4.69) is 58.6 Å². The second-order valence-electron chi connectivity index (χ2n) is 7.22. The average Bonchev–Trinajstić information content (AvgIpc) is 2.84. The fourth-order valence-electron chi connectivity index (χ4n) is 3.49. The maximum absolute atomic E-state index is 6.18. The van der Waals surface area contributed by atoms with Crippen LogP contribution in [0.3, 0.4) is 0 Å². The van der Waals surface area contributed by atoms with Crippen molar-refractivity contribution < 1.29 is 4.74 Å². The van der Waals surface area contributed by atoms with Crippen LogP contribution in [0, 0.1) is 0 Å². The van der Waals surface area contributed by atoms with Crippen LogP contribution < -0.4 is 20.7 Å². The molecule has 1 aliphatic heterocycles. The summed E-state index contributed by atoms with van der Waals surface area (Å²) in [5.41, 5.74) is 3.23. The lowest BCUT2D eigenvalue weighted by Gasteiger charge is -2.29. The second kappa shape index (κ2) is 9.57. The zero-order valence-electron chi connectivity index (χ0n) is 17.1. The number of anilines is 1. The normalized spacial score (nSPS) is 15.1. The molecule has 3 aromatic carbocycles. The lowest BCUT2D eigenvalue weighted by molar-refractivity contribution is 0.122. The highest BCUT2D eigenvalue weighted by atomic mass is 32.4. The quantitative estimate of drug-likeness (QED) is 0.362. The molecule has 4 rings (SSSR count). The maximum Gasteiger partial charge on any atom is 0.106 e. The molecule has 1 aliphatic rings. The van der Waals surface area contributed by atoms with Gasteiger partial charge < -0.3 is 9.64 Å². The van der Waals surface area contributed by atoms with Gasteiger partial charge in [0.25, 0.3) is 0 Å². The fraction of sp³-hybridized carbons (Fsp3) is 0.208. The second-order valence-corrected chi connectivity index (χ2v) is 11.3. The van der Waals surface area contributed by atoms with Gasteiger partial charge in [0.05, 0.1) is 18.9 Å². The van der Waals surface area contributed by atoms with Gasteiger partial charge in [-0.05, 0) is 24.6 Å². The standard InChI is InChI=1S/C24H26N3OPS/c1-20(21-12-14-22(15-13-21)27-16-18-28-19-17-27)25-26-29(30,23-8-4-2-5-9-23)24-10-6-3-7-11-24/h2-15H,16-19H2,1H3,(H,26,30)/b25-20+. The number of hydrogen-bond donors (Lipinski definition) is 1. The van der Waals surface area contributed by atoms with Crippen molar-refractivity contribution in [3.63, 3.8) is 0 Å². The predicted octanol–water partition coefficient (Wildman–Crippen LogP) is 3.88. The van der Waals surface area contributed by atoms with Gasteiger partial charge in [-0.3, -0.25) is 5.20 Å². The molecule has 30 heavy (non-hydrogen) atoms. The highest BCUT2D eigenvalue weighted by Gasteiger charge is 2.21. The van der Waals surface area contributed by atoms with Crippen LogP contribution in [-0.2, 0) is 16.5 Å². The molecule has 1 saturated heterocycles. The molecule has 0 amide bonds. The number of nitrogens with one attached hydrogen (secondary N) is 1. The number of hydrogen-bond acceptors (Lipinski definition) is 4. The van der Waals surface area contributed by atoms with Crippen LogP contribution in [0.5, 0.6) is 0 Å². The lowest BCUT2D eigenvalue weighted by atomic mass is 10.1. The molecule has 0 atom stereocenters. The summed E-state index contributed by atoms with van der Waals surface area (Å²) in [4.78, 5) is 2.35. The molecule has 0 spiro atoms. The van der Waals surface area contributed by atoms with Gasteiger partial charge in [-0.1, -0.05) is 84.6 Å². The first-order chi connectivity index (χ1) is 14.7. The molecule has 6 heteroatoms. The van der Waals surface area contributed by atoms with Crippen LogP contribution in [0.25, 0.3) is 0 Å². The molecular weight excluding hydrogens is 409 g/mol. The number of morpholine rings is 1. The molecule has 1 heterocycles. The summed E-state index contributed by atoms with van der Waals surface area (Å²) in [5.74, 6) is 0.